The van der Waals surface area contributed by atoms with Gasteiger partial charge in [-0.05, 0) is 55.0 Å². The molecule has 3 rings (SSSR count). The van der Waals surface area contributed by atoms with Crippen LogP contribution in [0.25, 0.3) is 0 Å². The van der Waals surface area contributed by atoms with Crippen LogP contribution in [0.15, 0.2) is 36.4 Å². The summed E-state index contributed by atoms with van der Waals surface area (Å²) in [4.78, 5) is 10.2. The van der Waals surface area contributed by atoms with Gasteiger partial charge < -0.3 is 10.5 Å². The zero-order valence-corrected chi connectivity index (χ0v) is 11.5. The first kappa shape index (κ1) is 13.4. The van der Waals surface area contributed by atoms with Crippen molar-refractivity contribution in [3.8, 4) is 11.5 Å². The van der Waals surface area contributed by atoms with Gasteiger partial charge in [0.2, 0.25) is 0 Å². The summed E-state index contributed by atoms with van der Waals surface area (Å²) in [6.45, 7) is 0. The molecule has 0 saturated carbocycles. The minimum atomic E-state index is -0.502. The first-order valence-corrected chi connectivity index (χ1v) is 6.97. The summed E-state index contributed by atoms with van der Waals surface area (Å²) in [6.07, 6.45) is 4.65. The fourth-order valence-corrected chi connectivity index (χ4v) is 2.67. The Morgan fingerprint density at radius 3 is 2.38 bits per heavy atom. The molecule has 0 unspecified atom stereocenters. The van der Waals surface area contributed by atoms with E-state index in [1.807, 2.05) is 12.1 Å². The standard InChI is InChI=1S/C16H16N2O3/c17-15-10-14(7-8-16(15)18(19)20)21-13-6-5-11-3-1-2-4-12(11)9-13/h5-10H,1-4,17H2. The number of rotatable bonds is 3. The van der Waals surface area contributed by atoms with Gasteiger partial charge >= 0.3 is 0 Å². The van der Waals surface area contributed by atoms with Gasteiger partial charge in [-0.1, -0.05) is 6.07 Å². The lowest BCUT2D eigenvalue weighted by molar-refractivity contribution is -0.383. The number of fused-ring (bicyclic) bond motifs is 1. The van der Waals surface area contributed by atoms with Crippen LogP contribution in [0.1, 0.15) is 24.0 Å². The zero-order valence-electron chi connectivity index (χ0n) is 11.5. The van der Waals surface area contributed by atoms with E-state index in [9.17, 15) is 10.1 Å². The van der Waals surface area contributed by atoms with E-state index in [-0.39, 0.29) is 11.4 Å². The molecule has 0 saturated heterocycles. The Bertz CT molecular complexity index is 698. The molecule has 5 nitrogen and oxygen atoms in total. The van der Waals surface area contributed by atoms with Crippen molar-refractivity contribution < 1.29 is 9.66 Å². The predicted octanol–water partition coefficient (Wildman–Crippen LogP) is 3.85. The largest absolute Gasteiger partial charge is 0.457 e. The number of nitro benzene ring substituents is 1. The molecule has 108 valence electrons. The van der Waals surface area contributed by atoms with Crippen molar-refractivity contribution in [1.29, 1.82) is 0 Å². The van der Waals surface area contributed by atoms with Crippen LogP contribution in [0.4, 0.5) is 11.4 Å². The molecule has 0 aliphatic heterocycles. The summed E-state index contributed by atoms with van der Waals surface area (Å²) in [7, 11) is 0. The lowest BCUT2D eigenvalue weighted by atomic mass is 9.92. The Balaban J connectivity index is 1.83. The van der Waals surface area contributed by atoms with Gasteiger partial charge in [0.15, 0.2) is 0 Å². The van der Waals surface area contributed by atoms with Crippen LogP contribution in [-0.2, 0) is 12.8 Å². The van der Waals surface area contributed by atoms with E-state index in [1.54, 1.807) is 6.07 Å². The Morgan fingerprint density at radius 2 is 1.67 bits per heavy atom. The number of nitro groups is 1. The van der Waals surface area contributed by atoms with Crippen LogP contribution in [0.5, 0.6) is 11.5 Å². The van der Waals surface area contributed by atoms with Crippen molar-refractivity contribution in [2.24, 2.45) is 0 Å². The molecule has 21 heavy (non-hydrogen) atoms. The monoisotopic (exact) mass is 284 g/mol. The summed E-state index contributed by atoms with van der Waals surface area (Å²) in [5, 5.41) is 10.7. The second-order valence-electron chi connectivity index (χ2n) is 5.22. The van der Waals surface area contributed by atoms with Gasteiger partial charge in [0.25, 0.3) is 5.69 Å². The van der Waals surface area contributed by atoms with Gasteiger partial charge in [0, 0.05) is 12.1 Å². The van der Waals surface area contributed by atoms with Crippen molar-refractivity contribution in [1.82, 2.24) is 0 Å². The van der Waals surface area contributed by atoms with Crippen molar-refractivity contribution in [2.45, 2.75) is 25.7 Å². The highest BCUT2D eigenvalue weighted by molar-refractivity contribution is 5.61. The summed E-state index contributed by atoms with van der Waals surface area (Å²) in [5.41, 5.74) is 8.38. The van der Waals surface area contributed by atoms with Crippen molar-refractivity contribution >= 4 is 11.4 Å². The average molecular weight is 284 g/mol. The maximum atomic E-state index is 10.7. The van der Waals surface area contributed by atoms with E-state index in [4.69, 9.17) is 10.5 Å². The third kappa shape index (κ3) is 2.81. The fourth-order valence-electron chi connectivity index (χ4n) is 2.67. The van der Waals surface area contributed by atoms with Gasteiger partial charge in [-0.3, -0.25) is 10.1 Å². The average Bonchev–Trinajstić information content (AvgIpc) is 2.47. The first-order valence-electron chi connectivity index (χ1n) is 6.97. The van der Waals surface area contributed by atoms with E-state index in [2.05, 4.69) is 6.07 Å². The Morgan fingerprint density at radius 1 is 1.00 bits per heavy atom. The number of nitrogens with two attached hydrogens (primary N) is 1. The number of hydrogen-bond acceptors (Lipinski definition) is 4. The SMILES string of the molecule is Nc1cc(Oc2ccc3c(c2)CCCC3)ccc1[N+](=O)[O-]. The maximum Gasteiger partial charge on any atom is 0.292 e. The van der Waals surface area contributed by atoms with Gasteiger partial charge in [-0.2, -0.15) is 0 Å². The number of benzene rings is 2. The van der Waals surface area contributed by atoms with Crippen molar-refractivity contribution in [2.75, 3.05) is 5.73 Å². The summed E-state index contributed by atoms with van der Waals surface area (Å²) >= 11 is 0. The minimum Gasteiger partial charge on any atom is -0.457 e. The smallest absolute Gasteiger partial charge is 0.292 e. The Hall–Kier alpha value is -2.56. The molecule has 0 fully saturated rings. The van der Waals surface area contributed by atoms with E-state index < -0.39 is 4.92 Å². The molecule has 0 heterocycles. The molecule has 5 heteroatoms. The van der Waals surface area contributed by atoms with Crippen LogP contribution >= 0.6 is 0 Å². The molecular formula is C16H16N2O3. The number of aryl methyl sites for hydroxylation is 2. The molecule has 1 aliphatic rings. The van der Waals surface area contributed by atoms with Crippen LogP contribution in [0.3, 0.4) is 0 Å². The van der Waals surface area contributed by atoms with Crippen LogP contribution in [-0.4, -0.2) is 4.92 Å². The molecule has 2 aromatic rings. The second kappa shape index (κ2) is 5.44. The third-order valence-electron chi connectivity index (χ3n) is 3.75. The summed E-state index contributed by atoms with van der Waals surface area (Å²) < 4.78 is 5.76. The molecular weight excluding hydrogens is 268 g/mol. The van der Waals surface area contributed by atoms with E-state index in [1.165, 1.54) is 36.1 Å². The molecule has 0 atom stereocenters. The molecule has 0 spiro atoms. The van der Waals surface area contributed by atoms with E-state index in [0.29, 0.717) is 5.75 Å². The molecule has 1 aliphatic carbocycles. The number of ether oxygens (including phenoxy) is 1. The maximum absolute atomic E-state index is 10.7. The van der Waals surface area contributed by atoms with Gasteiger partial charge in [0.05, 0.1) is 4.92 Å². The second-order valence-corrected chi connectivity index (χ2v) is 5.22. The third-order valence-corrected chi connectivity index (χ3v) is 3.75. The lowest BCUT2D eigenvalue weighted by Gasteiger charge is -2.16. The van der Waals surface area contributed by atoms with Crippen LogP contribution in [0, 0.1) is 10.1 Å². The van der Waals surface area contributed by atoms with Gasteiger partial charge in [-0.15, -0.1) is 0 Å². The molecule has 2 N–H and O–H groups in total. The number of hydrogen-bond donors (Lipinski definition) is 1. The number of anilines is 1. The Kier molecular flexibility index (Phi) is 3.48. The van der Waals surface area contributed by atoms with Gasteiger partial charge in [-0.25, -0.2) is 0 Å². The number of nitrogen functional groups attached to an aromatic ring is 1. The summed E-state index contributed by atoms with van der Waals surface area (Å²) in [6, 6.07) is 10.5. The molecule has 0 radical (unpaired) electrons. The van der Waals surface area contributed by atoms with Crippen LogP contribution in [0.2, 0.25) is 0 Å². The van der Waals surface area contributed by atoms with Gasteiger partial charge in [0.1, 0.15) is 17.2 Å². The fraction of sp³-hybridized carbons (Fsp3) is 0.250. The predicted molar refractivity (Wildman–Crippen MR) is 80.7 cm³/mol. The quantitative estimate of drug-likeness (QED) is 0.527. The molecule has 0 amide bonds. The zero-order chi connectivity index (χ0) is 14.8. The highest BCUT2D eigenvalue weighted by Gasteiger charge is 2.13. The summed E-state index contributed by atoms with van der Waals surface area (Å²) in [5.74, 6) is 1.25. The first-order chi connectivity index (χ1) is 10.1. The van der Waals surface area contributed by atoms with Crippen molar-refractivity contribution in [3.63, 3.8) is 0 Å². The normalized spacial score (nSPS) is 13.5. The highest BCUT2D eigenvalue weighted by Crippen LogP contribution is 2.31. The number of nitrogens with zero attached hydrogens (tertiary/aromatic N) is 1. The molecule has 0 bridgehead atoms. The molecule has 0 aromatic heterocycles. The molecule has 2 aromatic carbocycles. The lowest BCUT2D eigenvalue weighted by Crippen LogP contribution is -2.02. The van der Waals surface area contributed by atoms with E-state index in [0.717, 1.165) is 18.6 Å². The Labute approximate surface area is 122 Å². The van der Waals surface area contributed by atoms with Crippen LogP contribution < -0.4 is 10.5 Å². The van der Waals surface area contributed by atoms with E-state index >= 15 is 0 Å². The topological polar surface area (TPSA) is 78.4 Å². The van der Waals surface area contributed by atoms with Crippen molar-refractivity contribution in [3.05, 3.63) is 57.6 Å². The minimum absolute atomic E-state index is 0.104. The highest BCUT2D eigenvalue weighted by atomic mass is 16.6.